The van der Waals surface area contributed by atoms with Crippen LogP contribution in [0.4, 0.5) is 0 Å². The summed E-state index contributed by atoms with van der Waals surface area (Å²) >= 11 is 0. The van der Waals surface area contributed by atoms with E-state index in [2.05, 4.69) is 40.1 Å². The molecule has 1 aromatic heterocycles. The first kappa shape index (κ1) is 8.92. The van der Waals surface area contributed by atoms with Crippen LogP contribution in [0.2, 0.25) is 0 Å². The summed E-state index contributed by atoms with van der Waals surface area (Å²) in [6.07, 6.45) is 3.04. The fraction of sp³-hybridized carbons (Fsp3) is 0.417. The second kappa shape index (κ2) is 3.35. The van der Waals surface area contributed by atoms with Gasteiger partial charge in [-0.25, -0.2) is 4.98 Å². The summed E-state index contributed by atoms with van der Waals surface area (Å²) in [5.74, 6) is 0.655. The Morgan fingerprint density at radius 2 is 2.40 bits per heavy atom. The van der Waals surface area contributed by atoms with E-state index in [0.717, 1.165) is 17.6 Å². The maximum absolute atomic E-state index is 4.41. The maximum atomic E-state index is 4.41. The zero-order valence-electron chi connectivity index (χ0n) is 8.90. The lowest BCUT2D eigenvalue weighted by Gasteiger charge is -2.11. The van der Waals surface area contributed by atoms with Crippen LogP contribution in [0.15, 0.2) is 24.5 Å². The minimum Gasteiger partial charge on any atom is -0.345 e. The molecular weight excluding hydrogens is 186 g/mol. The molecule has 0 spiro atoms. The monoisotopic (exact) mass is 201 g/mol. The van der Waals surface area contributed by atoms with Gasteiger partial charge in [0.1, 0.15) is 0 Å². The predicted molar refractivity (Wildman–Crippen MR) is 60.9 cm³/mol. The number of fused-ring (bicyclic) bond motifs is 1. The molecule has 0 saturated carbocycles. The van der Waals surface area contributed by atoms with Crippen LogP contribution in [0.3, 0.4) is 0 Å². The molecule has 0 radical (unpaired) electrons. The van der Waals surface area contributed by atoms with E-state index in [0.29, 0.717) is 5.92 Å². The molecule has 0 bridgehead atoms. The number of benzene rings is 1. The number of H-pyrrole nitrogens is 1. The molecule has 1 aromatic carbocycles. The van der Waals surface area contributed by atoms with E-state index < -0.39 is 0 Å². The molecule has 1 atom stereocenters. The molecule has 3 nitrogen and oxygen atoms in total. The number of hydrogen-bond donors (Lipinski definition) is 1. The van der Waals surface area contributed by atoms with Gasteiger partial charge in [0.2, 0.25) is 0 Å². The topological polar surface area (TPSA) is 31.9 Å². The van der Waals surface area contributed by atoms with Gasteiger partial charge in [0.05, 0.1) is 17.4 Å². The zero-order chi connectivity index (χ0) is 10.3. The van der Waals surface area contributed by atoms with E-state index >= 15 is 0 Å². The molecule has 15 heavy (non-hydrogen) atoms. The number of aromatic amines is 1. The standard InChI is InChI=1S/C12H15N3/c1-15-6-5-9(7-15)10-3-2-4-11-12(10)14-8-13-11/h2-4,8-9H,5-7H2,1H3,(H,13,14). The molecule has 0 aliphatic carbocycles. The van der Waals surface area contributed by atoms with Gasteiger partial charge in [0.25, 0.3) is 0 Å². The van der Waals surface area contributed by atoms with Gasteiger partial charge in [0.15, 0.2) is 0 Å². The molecule has 2 heterocycles. The average Bonchev–Trinajstić information content (AvgIpc) is 2.84. The average molecular weight is 201 g/mol. The number of hydrogen-bond acceptors (Lipinski definition) is 2. The Hall–Kier alpha value is -1.35. The van der Waals surface area contributed by atoms with Crippen LogP contribution in [-0.4, -0.2) is 35.0 Å². The first-order valence-electron chi connectivity index (χ1n) is 5.45. The van der Waals surface area contributed by atoms with Crippen LogP contribution < -0.4 is 0 Å². The first-order valence-corrected chi connectivity index (χ1v) is 5.45. The molecule has 1 N–H and O–H groups in total. The summed E-state index contributed by atoms with van der Waals surface area (Å²) in [7, 11) is 2.19. The summed E-state index contributed by atoms with van der Waals surface area (Å²) < 4.78 is 0. The van der Waals surface area contributed by atoms with Crippen LogP contribution in [0, 0.1) is 0 Å². The van der Waals surface area contributed by atoms with Crippen molar-refractivity contribution in [1.82, 2.24) is 14.9 Å². The van der Waals surface area contributed by atoms with Crippen molar-refractivity contribution in [3.63, 3.8) is 0 Å². The van der Waals surface area contributed by atoms with Crippen LogP contribution in [0.1, 0.15) is 17.9 Å². The molecule has 1 saturated heterocycles. The highest BCUT2D eigenvalue weighted by Crippen LogP contribution is 2.30. The Bertz CT molecular complexity index is 474. The largest absolute Gasteiger partial charge is 0.345 e. The second-order valence-corrected chi connectivity index (χ2v) is 4.39. The van der Waals surface area contributed by atoms with Crippen molar-refractivity contribution in [2.45, 2.75) is 12.3 Å². The summed E-state index contributed by atoms with van der Waals surface area (Å²) in [5.41, 5.74) is 3.71. The smallest absolute Gasteiger partial charge is 0.0931 e. The van der Waals surface area contributed by atoms with Gasteiger partial charge in [-0.15, -0.1) is 0 Å². The molecule has 1 unspecified atom stereocenters. The number of para-hydroxylation sites is 1. The lowest BCUT2D eigenvalue weighted by molar-refractivity contribution is 0.412. The molecule has 3 rings (SSSR count). The van der Waals surface area contributed by atoms with Crippen LogP contribution in [0.25, 0.3) is 11.0 Å². The van der Waals surface area contributed by atoms with E-state index in [9.17, 15) is 0 Å². The number of nitrogens with one attached hydrogen (secondary N) is 1. The van der Waals surface area contributed by atoms with Gasteiger partial charge in [-0.2, -0.15) is 0 Å². The first-order chi connectivity index (χ1) is 7.34. The Kier molecular flexibility index (Phi) is 1.99. The van der Waals surface area contributed by atoms with E-state index in [1.165, 1.54) is 18.5 Å². The van der Waals surface area contributed by atoms with E-state index in [1.54, 1.807) is 6.33 Å². The fourth-order valence-electron chi connectivity index (χ4n) is 2.51. The highest BCUT2D eigenvalue weighted by molar-refractivity contribution is 5.78. The summed E-state index contributed by atoms with van der Waals surface area (Å²) in [6.45, 7) is 2.36. The zero-order valence-corrected chi connectivity index (χ0v) is 8.90. The second-order valence-electron chi connectivity index (χ2n) is 4.39. The Morgan fingerprint density at radius 1 is 1.47 bits per heavy atom. The van der Waals surface area contributed by atoms with E-state index in [4.69, 9.17) is 0 Å². The predicted octanol–water partition coefficient (Wildman–Crippen LogP) is 1.98. The maximum Gasteiger partial charge on any atom is 0.0931 e. The molecule has 1 aliphatic rings. The molecule has 2 aromatic rings. The van der Waals surface area contributed by atoms with Crippen molar-refractivity contribution < 1.29 is 0 Å². The number of imidazole rings is 1. The number of likely N-dealkylation sites (tertiary alicyclic amines) is 1. The van der Waals surface area contributed by atoms with Gasteiger partial charge in [-0.1, -0.05) is 12.1 Å². The highest BCUT2D eigenvalue weighted by atomic mass is 15.1. The molecule has 3 heteroatoms. The van der Waals surface area contributed by atoms with Crippen molar-refractivity contribution in [2.24, 2.45) is 0 Å². The Labute approximate surface area is 89.1 Å². The quantitative estimate of drug-likeness (QED) is 0.765. The van der Waals surface area contributed by atoms with Gasteiger partial charge >= 0.3 is 0 Å². The number of rotatable bonds is 1. The van der Waals surface area contributed by atoms with Crippen molar-refractivity contribution in [1.29, 1.82) is 0 Å². The van der Waals surface area contributed by atoms with Crippen molar-refractivity contribution in [3.8, 4) is 0 Å². The molecule has 78 valence electrons. The van der Waals surface area contributed by atoms with Gasteiger partial charge in [0, 0.05) is 12.5 Å². The van der Waals surface area contributed by atoms with Gasteiger partial charge in [-0.3, -0.25) is 0 Å². The van der Waals surface area contributed by atoms with Crippen LogP contribution >= 0.6 is 0 Å². The SMILES string of the molecule is CN1CCC(c2cccc3[nH]cnc23)C1. The third-order valence-electron chi connectivity index (χ3n) is 3.31. The van der Waals surface area contributed by atoms with Crippen molar-refractivity contribution >= 4 is 11.0 Å². The third kappa shape index (κ3) is 1.43. The fourth-order valence-corrected chi connectivity index (χ4v) is 2.51. The third-order valence-corrected chi connectivity index (χ3v) is 3.31. The summed E-state index contributed by atoms with van der Waals surface area (Å²) in [4.78, 5) is 9.97. The van der Waals surface area contributed by atoms with Crippen LogP contribution in [0.5, 0.6) is 0 Å². The number of aromatic nitrogens is 2. The number of likely N-dealkylation sites (N-methyl/N-ethyl adjacent to an activating group) is 1. The molecule has 1 aliphatic heterocycles. The Balaban J connectivity index is 2.06. The molecule has 0 amide bonds. The van der Waals surface area contributed by atoms with Gasteiger partial charge < -0.3 is 9.88 Å². The summed E-state index contributed by atoms with van der Waals surface area (Å²) in [6, 6.07) is 6.42. The Morgan fingerprint density at radius 3 is 3.20 bits per heavy atom. The van der Waals surface area contributed by atoms with E-state index in [1.807, 2.05) is 0 Å². The van der Waals surface area contributed by atoms with Crippen LogP contribution in [-0.2, 0) is 0 Å². The highest BCUT2D eigenvalue weighted by Gasteiger charge is 2.23. The minimum atomic E-state index is 0.655. The number of nitrogens with zero attached hydrogens (tertiary/aromatic N) is 2. The van der Waals surface area contributed by atoms with Crippen molar-refractivity contribution in [2.75, 3.05) is 20.1 Å². The van der Waals surface area contributed by atoms with Gasteiger partial charge in [-0.05, 0) is 31.6 Å². The van der Waals surface area contributed by atoms with E-state index in [-0.39, 0.29) is 0 Å². The molecular formula is C12H15N3. The summed E-state index contributed by atoms with van der Waals surface area (Å²) in [5, 5.41) is 0. The lowest BCUT2D eigenvalue weighted by Crippen LogP contribution is -2.13. The molecule has 1 fully saturated rings. The lowest BCUT2D eigenvalue weighted by atomic mass is 9.97. The normalized spacial score (nSPS) is 22.6. The van der Waals surface area contributed by atoms with Crippen molar-refractivity contribution in [3.05, 3.63) is 30.1 Å². The minimum absolute atomic E-state index is 0.655.